The van der Waals surface area contributed by atoms with Gasteiger partial charge >= 0.3 is 0 Å². The van der Waals surface area contributed by atoms with Crippen molar-refractivity contribution in [1.82, 2.24) is 10.6 Å². The van der Waals surface area contributed by atoms with Gasteiger partial charge in [0.25, 0.3) is 0 Å². The highest BCUT2D eigenvalue weighted by Gasteiger charge is 2.25. The Morgan fingerprint density at radius 2 is 2.15 bits per heavy atom. The number of halogens is 1. The Hall–Kier alpha value is -0.920. The number of carbonyl (C=O) groups excluding carboxylic acids is 1. The predicted octanol–water partition coefficient (Wildman–Crippen LogP) is 0.842. The van der Waals surface area contributed by atoms with E-state index >= 15 is 0 Å². The quantitative estimate of drug-likeness (QED) is 0.834. The van der Waals surface area contributed by atoms with Crippen LogP contribution in [0.4, 0.5) is 0 Å². The summed E-state index contributed by atoms with van der Waals surface area (Å²) in [4.78, 5) is 11.8. The highest BCUT2D eigenvalue weighted by molar-refractivity contribution is 9.10. The number of nitrogens with one attached hydrogen (secondary N) is 2. The molecule has 0 spiro atoms. The number of hydrogen-bond acceptors (Lipinski definition) is 4. The van der Waals surface area contributed by atoms with Crippen LogP contribution in [0.5, 0.6) is 0 Å². The third-order valence-electron chi connectivity index (χ3n) is 3.17. The Morgan fingerprint density at radius 1 is 1.40 bits per heavy atom. The van der Waals surface area contributed by atoms with Crippen LogP contribution in [0.1, 0.15) is 12.0 Å². The van der Waals surface area contributed by atoms with Gasteiger partial charge in [-0.25, -0.2) is 8.42 Å². The van der Waals surface area contributed by atoms with E-state index < -0.39 is 9.84 Å². The fraction of sp³-hybridized carbons (Fsp3) is 0.462. The third kappa shape index (κ3) is 4.57. The molecule has 0 aromatic heterocycles. The average molecular weight is 361 g/mol. The molecule has 5 nitrogen and oxygen atoms in total. The van der Waals surface area contributed by atoms with Crippen LogP contribution >= 0.6 is 15.9 Å². The van der Waals surface area contributed by atoms with E-state index in [9.17, 15) is 13.2 Å². The van der Waals surface area contributed by atoms with Crippen molar-refractivity contribution < 1.29 is 13.2 Å². The summed E-state index contributed by atoms with van der Waals surface area (Å²) in [6.45, 7) is 0.851. The number of carbonyl (C=O) groups is 1. The summed E-state index contributed by atoms with van der Waals surface area (Å²) in [6, 6.07) is 7.37. The first-order chi connectivity index (χ1) is 9.46. The summed E-state index contributed by atoms with van der Waals surface area (Å²) < 4.78 is 23.9. The lowest BCUT2D eigenvalue weighted by Crippen LogP contribution is -2.47. The van der Waals surface area contributed by atoms with Crippen molar-refractivity contribution in [3.63, 3.8) is 0 Å². The molecular weight excluding hydrogens is 344 g/mol. The normalized spacial score (nSPS) is 21.4. The zero-order chi connectivity index (χ0) is 14.6. The lowest BCUT2D eigenvalue weighted by atomic mass is 10.2. The minimum absolute atomic E-state index is 0.0372. The topological polar surface area (TPSA) is 75.3 Å². The molecule has 1 aliphatic heterocycles. The van der Waals surface area contributed by atoms with Crippen molar-refractivity contribution in [3.05, 3.63) is 34.3 Å². The van der Waals surface area contributed by atoms with Gasteiger partial charge < -0.3 is 10.6 Å². The lowest BCUT2D eigenvalue weighted by Gasteiger charge is -2.23. The molecule has 0 radical (unpaired) electrons. The molecule has 1 aliphatic rings. The van der Waals surface area contributed by atoms with Crippen LogP contribution in [0.15, 0.2) is 28.7 Å². The molecule has 0 bridgehead atoms. The summed E-state index contributed by atoms with van der Waals surface area (Å²) in [5.41, 5.74) is 0.991. The predicted molar refractivity (Wildman–Crippen MR) is 81.1 cm³/mol. The molecule has 110 valence electrons. The van der Waals surface area contributed by atoms with Gasteiger partial charge in [-0.05, 0) is 11.6 Å². The van der Waals surface area contributed by atoms with Crippen molar-refractivity contribution in [2.24, 2.45) is 0 Å². The van der Waals surface area contributed by atoms with E-state index in [1.807, 2.05) is 24.3 Å². The van der Waals surface area contributed by atoms with Crippen molar-refractivity contribution in [2.75, 3.05) is 18.1 Å². The maximum absolute atomic E-state index is 11.8. The van der Waals surface area contributed by atoms with Gasteiger partial charge in [-0.15, -0.1) is 0 Å². The molecule has 1 aromatic rings. The van der Waals surface area contributed by atoms with Crippen LogP contribution < -0.4 is 10.6 Å². The summed E-state index contributed by atoms with van der Waals surface area (Å²) in [5, 5.41) is 5.88. The van der Waals surface area contributed by atoms with Crippen molar-refractivity contribution >= 4 is 31.7 Å². The number of rotatable bonds is 4. The van der Waals surface area contributed by atoms with Crippen LogP contribution in [0, 0.1) is 0 Å². The molecule has 2 rings (SSSR count). The molecule has 7 heteroatoms. The Bertz CT molecular complexity index is 589. The second-order valence-corrected chi connectivity index (χ2v) is 7.92. The van der Waals surface area contributed by atoms with Crippen LogP contribution in [0.25, 0.3) is 0 Å². The summed E-state index contributed by atoms with van der Waals surface area (Å²) in [7, 11) is -3.00. The molecular formula is C13H17BrN2O3S. The van der Waals surface area contributed by atoms with E-state index in [4.69, 9.17) is 0 Å². The number of sulfone groups is 1. The molecule has 1 fully saturated rings. The molecule has 20 heavy (non-hydrogen) atoms. The molecule has 0 saturated carbocycles. The second kappa shape index (κ2) is 6.69. The van der Waals surface area contributed by atoms with Gasteiger partial charge in [0.05, 0.1) is 11.5 Å². The number of amides is 1. The van der Waals surface area contributed by atoms with Crippen molar-refractivity contribution in [3.8, 4) is 0 Å². The third-order valence-corrected chi connectivity index (χ3v) is 5.68. The maximum Gasteiger partial charge on any atom is 0.221 e. The standard InChI is InChI=1S/C13H17BrN2O3S/c14-12-4-2-1-3-10(12)8-16-13(17)7-11-9-20(18,19)6-5-15-11/h1-4,11,15H,5-9H2,(H,16,17). The highest BCUT2D eigenvalue weighted by Crippen LogP contribution is 2.15. The molecule has 1 atom stereocenters. The van der Waals surface area contributed by atoms with Crippen molar-refractivity contribution in [1.29, 1.82) is 0 Å². The van der Waals surface area contributed by atoms with E-state index in [0.717, 1.165) is 10.0 Å². The summed E-state index contributed by atoms with van der Waals surface area (Å²) >= 11 is 3.42. The summed E-state index contributed by atoms with van der Waals surface area (Å²) in [5.74, 6) is 0.0488. The Kier molecular flexibility index (Phi) is 5.17. The van der Waals surface area contributed by atoms with E-state index in [1.165, 1.54) is 0 Å². The van der Waals surface area contributed by atoms with E-state index in [0.29, 0.717) is 13.1 Å². The lowest BCUT2D eigenvalue weighted by molar-refractivity contribution is -0.121. The molecule has 1 amide bonds. The van der Waals surface area contributed by atoms with Crippen LogP contribution in [-0.4, -0.2) is 38.4 Å². The molecule has 1 heterocycles. The fourth-order valence-electron chi connectivity index (χ4n) is 2.13. The smallest absolute Gasteiger partial charge is 0.221 e. The highest BCUT2D eigenvalue weighted by atomic mass is 79.9. The van der Waals surface area contributed by atoms with Crippen LogP contribution in [0.3, 0.4) is 0 Å². The first-order valence-electron chi connectivity index (χ1n) is 6.40. The summed E-state index contributed by atoms with van der Waals surface area (Å²) in [6.07, 6.45) is 0.184. The first kappa shape index (κ1) is 15.5. The zero-order valence-corrected chi connectivity index (χ0v) is 13.3. The van der Waals surface area contributed by atoms with E-state index in [-0.39, 0.29) is 29.9 Å². The number of benzene rings is 1. The minimum Gasteiger partial charge on any atom is -0.352 e. The van der Waals surface area contributed by atoms with Gasteiger partial charge in [-0.2, -0.15) is 0 Å². The molecule has 0 aliphatic carbocycles. The fourth-order valence-corrected chi connectivity index (χ4v) is 4.00. The first-order valence-corrected chi connectivity index (χ1v) is 9.01. The largest absolute Gasteiger partial charge is 0.352 e. The molecule has 1 unspecified atom stereocenters. The van der Waals surface area contributed by atoms with Gasteiger partial charge in [-0.3, -0.25) is 4.79 Å². The maximum atomic E-state index is 11.8. The van der Waals surface area contributed by atoms with Gasteiger partial charge in [0.2, 0.25) is 5.91 Å². The average Bonchev–Trinajstić information content (AvgIpc) is 2.36. The Balaban J connectivity index is 1.83. The zero-order valence-electron chi connectivity index (χ0n) is 10.9. The Labute approximate surface area is 127 Å². The van der Waals surface area contributed by atoms with E-state index in [1.54, 1.807) is 0 Å². The van der Waals surface area contributed by atoms with Gasteiger partial charge in [-0.1, -0.05) is 34.1 Å². The molecule has 1 saturated heterocycles. The second-order valence-electron chi connectivity index (χ2n) is 4.84. The SMILES string of the molecule is O=C(CC1CS(=O)(=O)CCN1)NCc1ccccc1Br. The molecule has 2 N–H and O–H groups in total. The van der Waals surface area contributed by atoms with Gasteiger partial charge in [0, 0.05) is 30.0 Å². The van der Waals surface area contributed by atoms with Crippen LogP contribution in [0.2, 0.25) is 0 Å². The number of hydrogen-bond donors (Lipinski definition) is 2. The van der Waals surface area contributed by atoms with Crippen LogP contribution in [-0.2, 0) is 21.2 Å². The Morgan fingerprint density at radius 3 is 2.85 bits per heavy atom. The van der Waals surface area contributed by atoms with Crippen molar-refractivity contribution in [2.45, 2.75) is 19.0 Å². The van der Waals surface area contributed by atoms with E-state index in [2.05, 4.69) is 26.6 Å². The minimum atomic E-state index is -3.00. The van der Waals surface area contributed by atoms with Gasteiger partial charge in [0.1, 0.15) is 0 Å². The monoisotopic (exact) mass is 360 g/mol. The molecule has 1 aromatic carbocycles. The van der Waals surface area contributed by atoms with Gasteiger partial charge in [0.15, 0.2) is 9.84 Å².